The number of rotatable bonds is 2. The lowest BCUT2D eigenvalue weighted by Gasteiger charge is -2.35. The van der Waals surface area contributed by atoms with Crippen LogP contribution in [0.1, 0.15) is 22.1 Å². The molecule has 1 aromatic carbocycles. The Morgan fingerprint density at radius 2 is 2.09 bits per heavy atom. The van der Waals surface area contributed by atoms with Gasteiger partial charge in [0.25, 0.3) is 5.91 Å². The summed E-state index contributed by atoms with van der Waals surface area (Å²) in [6, 6.07) is 11.6. The molecule has 1 aliphatic rings. The highest BCUT2D eigenvalue weighted by molar-refractivity contribution is 7.13. The highest BCUT2D eigenvalue weighted by Crippen LogP contribution is 2.36. The van der Waals surface area contributed by atoms with Crippen LogP contribution < -0.4 is 5.32 Å². The molecule has 4 rings (SSSR count). The fraction of sp³-hybridized carbons (Fsp3) is 0.125. The Bertz CT molecular complexity index is 824. The zero-order valence-electron chi connectivity index (χ0n) is 11.9. The van der Waals surface area contributed by atoms with Gasteiger partial charge in [-0.15, -0.1) is 11.3 Å². The standard InChI is InChI=1S/C16H14N4OS/c1-20-15(18-12-6-3-2-5-10(12)16(20)21)11-9-17-19-14(11)13-7-4-8-22-13/h2-9,15,18H,1H3,(H,17,19). The molecule has 22 heavy (non-hydrogen) atoms. The minimum absolute atomic E-state index is 0.0117. The van der Waals surface area contributed by atoms with Gasteiger partial charge in [-0.05, 0) is 23.6 Å². The van der Waals surface area contributed by atoms with Gasteiger partial charge in [-0.1, -0.05) is 18.2 Å². The average Bonchev–Trinajstić information content (AvgIpc) is 3.21. The zero-order valence-corrected chi connectivity index (χ0v) is 12.7. The van der Waals surface area contributed by atoms with Gasteiger partial charge in [0.05, 0.1) is 22.3 Å². The van der Waals surface area contributed by atoms with Gasteiger partial charge in [-0.3, -0.25) is 9.89 Å². The fourth-order valence-electron chi connectivity index (χ4n) is 2.75. The van der Waals surface area contributed by atoms with E-state index in [1.165, 1.54) is 0 Å². The van der Waals surface area contributed by atoms with Crippen LogP contribution in [0.15, 0.2) is 48.0 Å². The largest absolute Gasteiger partial charge is 0.361 e. The second kappa shape index (κ2) is 4.99. The Morgan fingerprint density at radius 1 is 1.23 bits per heavy atom. The van der Waals surface area contributed by atoms with Crippen molar-refractivity contribution in [3.8, 4) is 10.6 Å². The van der Waals surface area contributed by atoms with Crippen LogP contribution in [0.3, 0.4) is 0 Å². The molecule has 0 saturated carbocycles. The SMILES string of the molecule is CN1C(=O)c2ccccc2NC1c1cn[nH]c1-c1cccs1. The topological polar surface area (TPSA) is 61.0 Å². The molecule has 0 bridgehead atoms. The van der Waals surface area contributed by atoms with E-state index >= 15 is 0 Å². The van der Waals surface area contributed by atoms with Crippen LogP contribution in [0.5, 0.6) is 0 Å². The number of anilines is 1. The first-order valence-electron chi connectivity index (χ1n) is 6.95. The van der Waals surface area contributed by atoms with Gasteiger partial charge < -0.3 is 10.2 Å². The minimum atomic E-state index is -0.238. The molecule has 0 fully saturated rings. The Balaban J connectivity index is 1.79. The normalized spacial score (nSPS) is 17.2. The van der Waals surface area contributed by atoms with Gasteiger partial charge in [0, 0.05) is 18.3 Å². The summed E-state index contributed by atoms with van der Waals surface area (Å²) in [6.45, 7) is 0. The Labute approximate surface area is 131 Å². The molecule has 0 radical (unpaired) electrons. The van der Waals surface area contributed by atoms with E-state index in [1.54, 1.807) is 29.5 Å². The summed E-state index contributed by atoms with van der Waals surface area (Å²) in [7, 11) is 1.81. The predicted molar refractivity (Wildman–Crippen MR) is 86.8 cm³/mol. The van der Waals surface area contributed by atoms with Crippen LogP contribution in [0.25, 0.3) is 10.6 Å². The molecule has 1 unspecified atom stereocenters. The van der Waals surface area contributed by atoms with Crippen molar-refractivity contribution in [2.45, 2.75) is 6.17 Å². The zero-order chi connectivity index (χ0) is 15.1. The van der Waals surface area contributed by atoms with Crippen LogP contribution in [-0.2, 0) is 0 Å². The van der Waals surface area contributed by atoms with Crippen molar-refractivity contribution in [3.63, 3.8) is 0 Å². The molecule has 1 amide bonds. The van der Waals surface area contributed by atoms with Crippen molar-refractivity contribution >= 4 is 22.9 Å². The van der Waals surface area contributed by atoms with Crippen molar-refractivity contribution in [1.82, 2.24) is 15.1 Å². The average molecular weight is 310 g/mol. The Hall–Kier alpha value is -2.60. The highest BCUT2D eigenvalue weighted by atomic mass is 32.1. The predicted octanol–water partition coefficient (Wildman–Crippen LogP) is 3.33. The number of carbonyl (C=O) groups is 1. The van der Waals surface area contributed by atoms with Crippen molar-refractivity contribution in [2.24, 2.45) is 0 Å². The van der Waals surface area contributed by atoms with Gasteiger partial charge in [0.2, 0.25) is 0 Å². The number of benzene rings is 1. The molecule has 1 aliphatic heterocycles. The van der Waals surface area contributed by atoms with E-state index in [-0.39, 0.29) is 12.1 Å². The molecule has 3 aromatic rings. The lowest BCUT2D eigenvalue weighted by Crippen LogP contribution is -2.40. The maximum atomic E-state index is 12.6. The van der Waals surface area contributed by atoms with E-state index in [2.05, 4.69) is 15.5 Å². The van der Waals surface area contributed by atoms with E-state index in [9.17, 15) is 4.79 Å². The van der Waals surface area contributed by atoms with Crippen molar-refractivity contribution in [2.75, 3.05) is 12.4 Å². The number of nitrogens with one attached hydrogen (secondary N) is 2. The molecule has 6 heteroatoms. The lowest BCUT2D eigenvalue weighted by molar-refractivity contribution is 0.0736. The third-order valence-corrected chi connectivity index (χ3v) is 4.78. The van der Waals surface area contributed by atoms with Crippen LogP contribution in [0.2, 0.25) is 0 Å². The number of aromatic amines is 1. The van der Waals surface area contributed by atoms with Gasteiger partial charge in [-0.2, -0.15) is 5.10 Å². The maximum Gasteiger partial charge on any atom is 0.257 e. The van der Waals surface area contributed by atoms with Gasteiger partial charge >= 0.3 is 0 Å². The summed E-state index contributed by atoms with van der Waals surface area (Å²) in [5.74, 6) is 0.0117. The summed E-state index contributed by atoms with van der Waals surface area (Å²) in [5, 5.41) is 12.7. The van der Waals surface area contributed by atoms with E-state index in [0.717, 1.165) is 21.8 Å². The minimum Gasteiger partial charge on any atom is -0.361 e. The first-order valence-corrected chi connectivity index (χ1v) is 7.83. The second-order valence-corrected chi connectivity index (χ2v) is 6.13. The van der Waals surface area contributed by atoms with Crippen LogP contribution in [-0.4, -0.2) is 28.1 Å². The number of amides is 1. The first-order chi connectivity index (χ1) is 10.8. The number of hydrogen-bond acceptors (Lipinski definition) is 4. The highest BCUT2D eigenvalue weighted by Gasteiger charge is 2.32. The molecule has 3 heterocycles. The molecule has 5 nitrogen and oxygen atoms in total. The summed E-state index contributed by atoms with van der Waals surface area (Å²) < 4.78 is 0. The first kappa shape index (κ1) is 13.1. The monoisotopic (exact) mass is 310 g/mol. The number of nitrogens with zero attached hydrogens (tertiary/aromatic N) is 2. The van der Waals surface area contributed by atoms with Crippen molar-refractivity contribution in [1.29, 1.82) is 0 Å². The van der Waals surface area contributed by atoms with Crippen LogP contribution in [0.4, 0.5) is 5.69 Å². The van der Waals surface area contributed by atoms with Crippen molar-refractivity contribution < 1.29 is 4.79 Å². The lowest BCUT2D eigenvalue weighted by atomic mass is 10.0. The van der Waals surface area contributed by atoms with Gasteiger partial charge in [0.1, 0.15) is 6.17 Å². The third-order valence-electron chi connectivity index (χ3n) is 3.89. The van der Waals surface area contributed by atoms with Crippen molar-refractivity contribution in [3.05, 3.63) is 59.1 Å². The van der Waals surface area contributed by atoms with Crippen LogP contribution in [0, 0.1) is 0 Å². The number of hydrogen-bond donors (Lipinski definition) is 2. The maximum absolute atomic E-state index is 12.6. The molecule has 0 spiro atoms. The molecule has 2 aromatic heterocycles. The van der Waals surface area contributed by atoms with Gasteiger partial charge in [0.15, 0.2) is 0 Å². The number of fused-ring (bicyclic) bond motifs is 1. The second-order valence-electron chi connectivity index (χ2n) is 5.19. The summed E-state index contributed by atoms with van der Waals surface area (Å²) in [5.41, 5.74) is 3.47. The quantitative estimate of drug-likeness (QED) is 0.763. The third kappa shape index (κ3) is 1.92. The van der Waals surface area contributed by atoms with Crippen LogP contribution >= 0.6 is 11.3 Å². The summed E-state index contributed by atoms with van der Waals surface area (Å²) in [6.07, 6.45) is 1.54. The number of carbonyl (C=O) groups excluding carboxylic acids is 1. The summed E-state index contributed by atoms with van der Waals surface area (Å²) >= 11 is 1.64. The number of H-pyrrole nitrogens is 1. The number of aromatic nitrogens is 2. The number of thiophene rings is 1. The molecule has 0 aliphatic carbocycles. The number of para-hydroxylation sites is 1. The molecule has 110 valence electrons. The smallest absolute Gasteiger partial charge is 0.257 e. The van der Waals surface area contributed by atoms with Gasteiger partial charge in [-0.25, -0.2) is 0 Å². The summed E-state index contributed by atoms with van der Waals surface area (Å²) in [4.78, 5) is 15.4. The fourth-order valence-corrected chi connectivity index (χ4v) is 3.50. The van der Waals surface area contributed by atoms with E-state index in [0.29, 0.717) is 5.56 Å². The molecule has 1 atom stereocenters. The molecule has 0 saturated heterocycles. The Kier molecular flexibility index (Phi) is 2.97. The molecule has 2 N–H and O–H groups in total. The van der Waals surface area contributed by atoms with E-state index in [1.807, 2.05) is 41.8 Å². The Morgan fingerprint density at radius 3 is 2.91 bits per heavy atom. The molecular weight excluding hydrogens is 296 g/mol. The van der Waals surface area contributed by atoms with E-state index in [4.69, 9.17) is 0 Å². The van der Waals surface area contributed by atoms with E-state index < -0.39 is 0 Å². The molecular formula is C16H14N4OS.